The molecule has 0 spiro atoms. The first-order valence-corrected chi connectivity index (χ1v) is 10.1. The highest BCUT2D eigenvalue weighted by Gasteiger charge is 2.32. The minimum atomic E-state index is -0.0997. The van der Waals surface area contributed by atoms with Crippen LogP contribution in [-0.4, -0.2) is 35.7 Å². The molecule has 2 aromatic carbocycles. The first-order chi connectivity index (χ1) is 14.2. The van der Waals surface area contributed by atoms with Crippen molar-refractivity contribution in [1.82, 2.24) is 4.90 Å². The Bertz CT molecular complexity index is 978. The maximum absolute atomic E-state index is 12.8. The number of amides is 1. The van der Waals surface area contributed by atoms with Crippen molar-refractivity contribution in [2.75, 3.05) is 19.8 Å². The number of ether oxygens (including phenoxy) is 2. The van der Waals surface area contributed by atoms with Crippen LogP contribution < -0.4 is 9.47 Å². The summed E-state index contributed by atoms with van der Waals surface area (Å²) in [4.78, 5) is 19.7. The van der Waals surface area contributed by atoms with Crippen molar-refractivity contribution in [2.24, 2.45) is 4.99 Å². The molecule has 1 aliphatic heterocycles. The molecule has 0 saturated carbocycles. The fraction of sp³-hybridized carbons (Fsp3) is 0.227. The van der Waals surface area contributed by atoms with Crippen LogP contribution in [0.4, 0.5) is 5.69 Å². The molecule has 1 aliphatic rings. The lowest BCUT2D eigenvalue weighted by Crippen LogP contribution is -2.28. The number of hydrogen-bond acceptors (Lipinski definition) is 6. The minimum absolute atomic E-state index is 0.0488. The first kappa shape index (κ1) is 20.5. The fourth-order valence-corrected chi connectivity index (χ4v) is 3.80. The van der Waals surface area contributed by atoms with Crippen molar-refractivity contribution in [3.05, 3.63) is 59.0 Å². The highest BCUT2D eigenvalue weighted by atomic mass is 32.2. The van der Waals surface area contributed by atoms with E-state index in [4.69, 9.17) is 14.7 Å². The number of likely N-dealkylation sites (N-methyl/N-ethyl adjacent to an activating group) is 1. The zero-order valence-corrected chi connectivity index (χ0v) is 17.1. The van der Waals surface area contributed by atoms with Crippen LogP contribution in [0.25, 0.3) is 6.08 Å². The van der Waals surface area contributed by atoms with E-state index in [1.807, 2.05) is 62.4 Å². The molecule has 0 aliphatic carbocycles. The third-order valence-corrected chi connectivity index (χ3v) is 5.08. The van der Waals surface area contributed by atoms with Gasteiger partial charge in [-0.25, -0.2) is 4.99 Å². The van der Waals surface area contributed by atoms with Crippen LogP contribution in [0.15, 0.2) is 58.4 Å². The molecule has 2 aromatic rings. The molecule has 0 unspecified atom stereocenters. The second-order valence-electron chi connectivity index (χ2n) is 5.97. The predicted octanol–water partition coefficient (Wildman–Crippen LogP) is 4.61. The van der Waals surface area contributed by atoms with Gasteiger partial charge in [-0.15, -0.1) is 0 Å². The Balaban J connectivity index is 1.87. The molecule has 1 saturated heterocycles. The molecule has 148 valence electrons. The number of para-hydroxylation sites is 1. The molecule has 7 heteroatoms. The van der Waals surface area contributed by atoms with E-state index in [2.05, 4.69) is 4.99 Å². The summed E-state index contributed by atoms with van der Waals surface area (Å²) in [6, 6.07) is 16.7. The number of thioether (sulfide) groups is 1. The number of carbonyl (C=O) groups is 1. The molecule has 0 bridgehead atoms. The van der Waals surface area contributed by atoms with E-state index < -0.39 is 0 Å². The predicted molar refractivity (Wildman–Crippen MR) is 115 cm³/mol. The quantitative estimate of drug-likeness (QED) is 0.627. The summed E-state index contributed by atoms with van der Waals surface area (Å²) in [6.07, 6.45) is 1.78. The SMILES string of the molecule is CCOc1ccc(N=C2SC(=Cc3ccccc3OCC#N)C(=O)N2CC)cc1. The van der Waals surface area contributed by atoms with Crippen molar-refractivity contribution in [1.29, 1.82) is 5.26 Å². The van der Waals surface area contributed by atoms with Crippen LogP contribution in [0.5, 0.6) is 11.5 Å². The molecular weight excluding hydrogens is 386 g/mol. The third-order valence-electron chi connectivity index (χ3n) is 4.07. The number of benzene rings is 2. The highest BCUT2D eigenvalue weighted by molar-refractivity contribution is 8.18. The second-order valence-corrected chi connectivity index (χ2v) is 6.98. The van der Waals surface area contributed by atoms with Crippen LogP contribution >= 0.6 is 11.8 Å². The Labute approximate surface area is 174 Å². The number of hydrogen-bond donors (Lipinski definition) is 0. The van der Waals surface area contributed by atoms with E-state index in [1.165, 1.54) is 11.8 Å². The molecule has 3 rings (SSSR count). The first-order valence-electron chi connectivity index (χ1n) is 9.28. The van der Waals surface area contributed by atoms with E-state index in [9.17, 15) is 4.79 Å². The third kappa shape index (κ3) is 4.98. The van der Waals surface area contributed by atoms with Gasteiger partial charge >= 0.3 is 0 Å². The summed E-state index contributed by atoms with van der Waals surface area (Å²) in [5, 5.41) is 9.38. The second kappa shape index (κ2) is 9.80. The van der Waals surface area contributed by atoms with Gasteiger partial charge in [0.2, 0.25) is 0 Å². The summed E-state index contributed by atoms with van der Waals surface area (Å²) < 4.78 is 10.9. The number of aliphatic imine (C=N–C) groups is 1. The lowest BCUT2D eigenvalue weighted by atomic mass is 10.2. The van der Waals surface area contributed by atoms with E-state index in [-0.39, 0.29) is 12.5 Å². The van der Waals surface area contributed by atoms with Crippen molar-refractivity contribution in [2.45, 2.75) is 13.8 Å². The largest absolute Gasteiger partial charge is 0.494 e. The van der Waals surface area contributed by atoms with Crippen LogP contribution in [0.2, 0.25) is 0 Å². The summed E-state index contributed by atoms with van der Waals surface area (Å²) in [6.45, 7) is 4.93. The van der Waals surface area contributed by atoms with Gasteiger partial charge in [-0.05, 0) is 62.0 Å². The summed E-state index contributed by atoms with van der Waals surface area (Å²) in [5.41, 5.74) is 1.50. The number of amidine groups is 1. The average Bonchev–Trinajstić information content (AvgIpc) is 3.03. The molecule has 0 radical (unpaired) electrons. The van der Waals surface area contributed by atoms with Gasteiger partial charge in [0.15, 0.2) is 11.8 Å². The van der Waals surface area contributed by atoms with Crippen LogP contribution in [0.3, 0.4) is 0 Å². The van der Waals surface area contributed by atoms with Crippen LogP contribution in [0, 0.1) is 11.3 Å². The van der Waals surface area contributed by atoms with Gasteiger partial charge in [0.1, 0.15) is 17.6 Å². The zero-order chi connectivity index (χ0) is 20.6. The zero-order valence-electron chi connectivity index (χ0n) is 16.3. The summed E-state index contributed by atoms with van der Waals surface area (Å²) in [5.74, 6) is 1.25. The molecule has 1 amide bonds. The van der Waals surface area contributed by atoms with Crippen LogP contribution in [0.1, 0.15) is 19.4 Å². The minimum Gasteiger partial charge on any atom is -0.494 e. The Morgan fingerprint density at radius 2 is 1.90 bits per heavy atom. The molecule has 0 aromatic heterocycles. The molecule has 1 heterocycles. The van der Waals surface area contributed by atoms with Gasteiger partial charge in [-0.2, -0.15) is 5.26 Å². The Kier molecular flexibility index (Phi) is 6.93. The lowest BCUT2D eigenvalue weighted by molar-refractivity contribution is -0.122. The van der Waals surface area contributed by atoms with Crippen molar-refractivity contribution >= 4 is 34.6 Å². The molecule has 6 nitrogen and oxygen atoms in total. The molecule has 29 heavy (non-hydrogen) atoms. The average molecular weight is 407 g/mol. The number of nitriles is 1. The summed E-state index contributed by atoms with van der Waals surface area (Å²) in [7, 11) is 0. The lowest BCUT2D eigenvalue weighted by Gasteiger charge is -2.12. The highest BCUT2D eigenvalue weighted by Crippen LogP contribution is 2.35. The van der Waals surface area contributed by atoms with Crippen LogP contribution in [-0.2, 0) is 4.79 Å². The van der Waals surface area contributed by atoms with E-state index in [0.717, 1.165) is 17.0 Å². The normalized spacial score (nSPS) is 16.3. The monoisotopic (exact) mass is 407 g/mol. The number of nitrogens with zero attached hydrogens (tertiary/aromatic N) is 3. The van der Waals surface area contributed by atoms with Gasteiger partial charge in [-0.3, -0.25) is 9.69 Å². The van der Waals surface area contributed by atoms with E-state index in [1.54, 1.807) is 17.0 Å². The molecular formula is C22H21N3O3S. The van der Waals surface area contributed by atoms with Crippen molar-refractivity contribution < 1.29 is 14.3 Å². The maximum Gasteiger partial charge on any atom is 0.266 e. The van der Waals surface area contributed by atoms with Crippen molar-refractivity contribution in [3.63, 3.8) is 0 Å². The van der Waals surface area contributed by atoms with Gasteiger partial charge in [-0.1, -0.05) is 18.2 Å². The summed E-state index contributed by atoms with van der Waals surface area (Å²) >= 11 is 1.32. The Morgan fingerprint density at radius 3 is 2.59 bits per heavy atom. The number of carbonyl (C=O) groups excluding carboxylic acids is 1. The molecule has 0 N–H and O–H groups in total. The van der Waals surface area contributed by atoms with Crippen molar-refractivity contribution in [3.8, 4) is 17.6 Å². The van der Waals surface area contributed by atoms with Gasteiger partial charge in [0, 0.05) is 12.1 Å². The van der Waals surface area contributed by atoms with E-state index in [0.29, 0.717) is 29.0 Å². The van der Waals surface area contributed by atoms with Gasteiger partial charge in [0.25, 0.3) is 5.91 Å². The topological polar surface area (TPSA) is 74.9 Å². The fourth-order valence-electron chi connectivity index (χ4n) is 2.75. The maximum atomic E-state index is 12.8. The smallest absolute Gasteiger partial charge is 0.266 e. The standard InChI is InChI=1S/C22H21N3O3S/c1-3-25-21(26)20(15-16-7-5-6-8-19(16)28-14-13-23)29-22(25)24-17-9-11-18(12-10-17)27-4-2/h5-12,15H,3-4,14H2,1-2H3. The van der Waals surface area contributed by atoms with E-state index >= 15 is 0 Å². The molecule has 0 atom stereocenters. The van der Waals surface area contributed by atoms with Gasteiger partial charge < -0.3 is 9.47 Å². The van der Waals surface area contributed by atoms with Gasteiger partial charge in [0.05, 0.1) is 17.2 Å². The Hall–Kier alpha value is -3.24. The molecule has 1 fully saturated rings. The number of rotatable bonds is 7. The Morgan fingerprint density at radius 1 is 1.14 bits per heavy atom.